The number of aliphatic hydroxyl groups excluding tert-OH is 1. The Kier molecular flexibility index (Phi) is 4.55. The highest BCUT2D eigenvalue weighted by Crippen LogP contribution is 2.21. The molecule has 1 aromatic carbocycles. The topological polar surface area (TPSA) is 58.9 Å². The van der Waals surface area contributed by atoms with Crippen molar-refractivity contribution in [3.8, 4) is 5.75 Å². The second-order valence-corrected chi connectivity index (χ2v) is 3.10. The van der Waals surface area contributed by atoms with E-state index in [1.807, 2.05) is 6.92 Å². The SMILES string of the molecule is CCOC(OC)C(O)c1ccc(O)cc1. The molecule has 0 saturated carbocycles. The Hall–Kier alpha value is -1.10. The van der Waals surface area contributed by atoms with Gasteiger partial charge >= 0.3 is 0 Å². The summed E-state index contributed by atoms with van der Waals surface area (Å²) in [6.45, 7) is 2.29. The maximum absolute atomic E-state index is 9.87. The monoisotopic (exact) mass is 212 g/mol. The van der Waals surface area contributed by atoms with Gasteiger partial charge in [-0.1, -0.05) is 12.1 Å². The molecular formula is C11H16O4. The third kappa shape index (κ3) is 3.20. The fourth-order valence-electron chi connectivity index (χ4n) is 1.28. The van der Waals surface area contributed by atoms with Crippen molar-refractivity contribution >= 4 is 0 Å². The van der Waals surface area contributed by atoms with Gasteiger partial charge in [-0.2, -0.15) is 0 Å². The van der Waals surface area contributed by atoms with E-state index in [1.54, 1.807) is 12.1 Å². The molecule has 0 saturated heterocycles. The number of rotatable bonds is 5. The molecule has 0 radical (unpaired) electrons. The van der Waals surface area contributed by atoms with Crippen LogP contribution in [0, 0.1) is 0 Å². The summed E-state index contributed by atoms with van der Waals surface area (Å²) in [5, 5.41) is 19.0. The van der Waals surface area contributed by atoms with Crippen LogP contribution in [-0.4, -0.2) is 30.2 Å². The van der Waals surface area contributed by atoms with Crippen LogP contribution in [0.4, 0.5) is 0 Å². The summed E-state index contributed by atoms with van der Waals surface area (Å²) in [5.41, 5.74) is 0.646. The summed E-state index contributed by atoms with van der Waals surface area (Å²) in [6, 6.07) is 6.28. The first kappa shape index (κ1) is 12.0. The predicted octanol–water partition coefficient (Wildman–Crippen LogP) is 1.43. The van der Waals surface area contributed by atoms with Crippen molar-refractivity contribution in [1.82, 2.24) is 0 Å². The van der Waals surface area contributed by atoms with E-state index in [-0.39, 0.29) is 5.75 Å². The molecule has 0 bridgehead atoms. The molecule has 15 heavy (non-hydrogen) atoms. The number of phenols is 1. The van der Waals surface area contributed by atoms with E-state index < -0.39 is 12.4 Å². The molecule has 1 aromatic rings. The van der Waals surface area contributed by atoms with Gasteiger partial charge in [-0.25, -0.2) is 0 Å². The molecule has 2 atom stereocenters. The molecule has 1 rings (SSSR count). The second-order valence-electron chi connectivity index (χ2n) is 3.10. The van der Waals surface area contributed by atoms with Crippen LogP contribution in [0.3, 0.4) is 0 Å². The first-order chi connectivity index (χ1) is 7.19. The predicted molar refractivity (Wildman–Crippen MR) is 55.5 cm³/mol. The molecule has 4 nitrogen and oxygen atoms in total. The van der Waals surface area contributed by atoms with E-state index in [2.05, 4.69) is 0 Å². The highest BCUT2D eigenvalue weighted by Gasteiger charge is 2.20. The summed E-state index contributed by atoms with van der Waals surface area (Å²) >= 11 is 0. The Labute approximate surface area is 89.1 Å². The molecule has 0 amide bonds. The zero-order valence-corrected chi connectivity index (χ0v) is 8.88. The average Bonchev–Trinajstić information content (AvgIpc) is 2.26. The van der Waals surface area contributed by atoms with Crippen molar-refractivity contribution in [2.75, 3.05) is 13.7 Å². The molecular weight excluding hydrogens is 196 g/mol. The summed E-state index contributed by atoms with van der Waals surface area (Å²) < 4.78 is 10.2. The lowest BCUT2D eigenvalue weighted by atomic mass is 10.1. The van der Waals surface area contributed by atoms with Gasteiger partial charge in [-0.3, -0.25) is 0 Å². The fraction of sp³-hybridized carbons (Fsp3) is 0.455. The summed E-state index contributed by atoms with van der Waals surface area (Å²) in [6.07, 6.45) is -1.53. The Morgan fingerprint density at radius 3 is 2.33 bits per heavy atom. The van der Waals surface area contributed by atoms with Crippen molar-refractivity contribution < 1.29 is 19.7 Å². The van der Waals surface area contributed by atoms with Gasteiger partial charge in [0.1, 0.15) is 11.9 Å². The normalized spacial score (nSPS) is 14.9. The number of hydrogen-bond acceptors (Lipinski definition) is 4. The van der Waals surface area contributed by atoms with Crippen molar-refractivity contribution in [1.29, 1.82) is 0 Å². The largest absolute Gasteiger partial charge is 0.508 e. The number of phenolic OH excluding ortho intramolecular Hbond substituents is 1. The minimum atomic E-state index is -0.851. The molecule has 0 aliphatic rings. The van der Waals surface area contributed by atoms with E-state index in [4.69, 9.17) is 14.6 Å². The van der Waals surface area contributed by atoms with Gasteiger partial charge in [0.15, 0.2) is 6.29 Å². The number of hydrogen-bond donors (Lipinski definition) is 2. The van der Waals surface area contributed by atoms with Crippen molar-refractivity contribution in [2.24, 2.45) is 0 Å². The zero-order valence-electron chi connectivity index (χ0n) is 8.88. The molecule has 0 aliphatic heterocycles. The van der Waals surface area contributed by atoms with Crippen LogP contribution < -0.4 is 0 Å². The number of methoxy groups -OCH3 is 1. The smallest absolute Gasteiger partial charge is 0.187 e. The summed E-state index contributed by atoms with van der Waals surface area (Å²) in [4.78, 5) is 0. The molecule has 0 fully saturated rings. The quantitative estimate of drug-likeness (QED) is 0.725. The molecule has 0 spiro atoms. The first-order valence-electron chi connectivity index (χ1n) is 4.80. The van der Waals surface area contributed by atoms with Gasteiger partial charge < -0.3 is 19.7 Å². The van der Waals surface area contributed by atoms with Crippen LogP contribution in [0.2, 0.25) is 0 Å². The molecule has 0 heterocycles. The summed E-state index contributed by atoms with van der Waals surface area (Å²) in [5.74, 6) is 0.163. The lowest BCUT2D eigenvalue weighted by Gasteiger charge is -2.21. The Balaban J connectivity index is 2.73. The van der Waals surface area contributed by atoms with Gasteiger partial charge in [0.2, 0.25) is 0 Å². The molecule has 4 heteroatoms. The van der Waals surface area contributed by atoms with E-state index in [0.29, 0.717) is 12.2 Å². The fourth-order valence-corrected chi connectivity index (χ4v) is 1.28. The van der Waals surface area contributed by atoms with Gasteiger partial charge in [0.05, 0.1) is 0 Å². The van der Waals surface area contributed by atoms with Crippen LogP contribution in [0.25, 0.3) is 0 Å². The highest BCUT2D eigenvalue weighted by molar-refractivity contribution is 5.27. The lowest BCUT2D eigenvalue weighted by molar-refractivity contribution is -0.179. The molecule has 84 valence electrons. The third-order valence-electron chi connectivity index (χ3n) is 2.06. The second kappa shape index (κ2) is 5.70. The number of benzene rings is 1. The maximum Gasteiger partial charge on any atom is 0.187 e. The minimum Gasteiger partial charge on any atom is -0.508 e. The zero-order chi connectivity index (χ0) is 11.3. The van der Waals surface area contributed by atoms with Gasteiger partial charge in [-0.05, 0) is 24.6 Å². The number of aromatic hydroxyl groups is 1. The van der Waals surface area contributed by atoms with Crippen LogP contribution in [0.1, 0.15) is 18.6 Å². The Morgan fingerprint density at radius 1 is 1.27 bits per heavy atom. The van der Waals surface area contributed by atoms with Gasteiger partial charge in [0, 0.05) is 13.7 Å². The number of aliphatic hydroxyl groups is 1. The van der Waals surface area contributed by atoms with E-state index in [0.717, 1.165) is 0 Å². The van der Waals surface area contributed by atoms with Crippen LogP contribution in [0.5, 0.6) is 5.75 Å². The van der Waals surface area contributed by atoms with Crippen LogP contribution >= 0.6 is 0 Å². The maximum atomic E-state index is 9.87. The van der Waals surface area contributed by atoms with Gasteiger partial charge in [0.25, 0.3) is 0 Å². The van der Waals surface area contributed by atoms with E-state index >= 15 is 0 Å². The molecule has 2 N–H and O–H groups in total. The molecule has 0 aliphatic carbocycles. The Morgan fingerprint density at radius 2 is 1.87 bits per heavy atom. The first-order valence-corrected chi connectivity index (χ1v) is 4.80. The Bertz CT molecular complexity index is 283. The third-order valence-corrected chi connectivity index (χ3v) is 2.06. The van der Waals surface area contributed by atoms with Gasteiger partial charge in [-0.15, -0.1) is 0 Å². The van der Waals surface area contributed by atoms with Crippen LogP contribution in [0.15, 0.2) is 24.3 Å². The minimum absolute atomic E-state index is 0.163. The van der Waals surface area contributed by atoms with Crippen molar-refractivity contribution in [3.63, 3.8) is 0 Å². The summed E-state index contributed by atoms with van der Waals surface area (Å²) in [7, 11) is 1.48. The van der Waals surface area contributed by atoms with E-state index in [1.165, 1.54) is 19.2 Å². The molecule has 2 unspecified atom stereocenters. The highest BCUT2D eigenvalue weighted by atomic mass is 16.7. The van der Waals surface area contributed by atoms with Crippen molar-refractivity contribution in [2.45, 2.75) is 19.3 Å². The van der Waals surface area contributed by atoms with E-state index in [9.17, 15) is 5.11 Å². The average molecular weight is 212 g/mol. The molecule has 0 aromatic heterocycles. The van der Waals surface area contributed by atoms with Crippen molar-refractivity contribution in [3.05, 3.63) is 29.8 Å². The standard InChI is InChI=1S/C11H16O4/c1-3-15-11(14-2)10(13)8-4-6-9(12)7-5-8/h4-7,10-13H,3H2,1-2H3. The van der Waals surface area contributed by atoms with Crippen LogP contribution in [-0.2, 0) is 9.47 Å². The number of ether oxygens (including phenoxy) is 2. The lowest BCUT2D eigenvalue weighted by Crippen LogP contribution is -2.24.